The second-order valence-corrected chi connectivity index (χ2v) is 8.90. The summed E-state index contributed by atoms with van der Waals surface area (Å²) in [6, 6.07) is 5.81. The highest BCUT2D eigenvalue weighted by atomic mass is 32.1. The predicted octanol–water partition coefficient (Wildman–Crippen LogP) is 2.73. The zero-order chi connectivity index (χ0) is 20.0. The van der Waals surface area contributed by atoms with E-state index in [2.05, 4.69) is 21.5 Å². The monoisotopic (exact) mass is 409 g/mol. The Morgan fingerprint density at radius 3 is 2.93 bits per heavy atom. The summed E-state index contributed by atoms with van der Waals surface area (Å²) < 4.78 is 1.84. The van der Waals surface area contributed by atoms with E-state index in [1.807, 2.05) is 29.1 Å². The second kappa shape index (κ2) is 7.26. The number of aromatic nitrogens is 3. The molecule has 0 bridgehead atoms. The molecule has 3 aromatic rings. The highest BCUT2D eigenvalue weighted by molar-refractivity contribution is 7.09. The van der Waals surface area contributed by atoms with Crippen LogP contribution >= 0.6 is 11.3 Å². The molecule has 3 aromatic heterocycles. The van der Waals surface area contributed by atoms with Gasteiger partial charge in [-0.05, 0) is 50.1 Å². The van der Waals surface area contributed by atoms with Crippen LogP contribution in [0, 0.1) is 6.92 Å². The lowest BCUT2D eigenvalue weighted by Crippen LogP contribution is -2.46. The van der Waals surface area contributed by atoms with E-state index in [-0.39, 0.29) is 17.9 Å². The minimum Gasteiger partial charge on any atom is -0.352 e. The molecular formula is C21H23N5O2S. The van der Waals surface area contributed by atoms with Crippen molar-refractivity contribution in [3.8, 4) is 0 Å². The van der Waals surface area contributed by atoms with Crippen LogP contribution < -0.4 is 5.32 Å². The number of likely N-dealkylation sites (tertiary alicyclic amines) is 1. The van der Waals surface area contributed by atoms with E-state index in [1.54, 1.807) is 22.4 Å². The molecule has 1 saturated carbocycles. The van der Waals surface area contributed by atoms with Gasteiger partial charge in [0.15, 0.2) is 5.65 Å². The number of thiophene rings is 1. The summed E-state index contributed by atoms with van der Waals surface area (Å²) >= 11 is 1.67. The van der Waals surface area contributed by atoms with Gasteiger partial charge in [-0.15, -0.1) is 11.3 Å². The molecule has 7 nitrogen and oxygen atoms in total. The van der Waals surface area contributed by atoms with Gasteiger partial charge in [0.2, 0.25) is 5.91 Å². The van der Waals surface area contributed by atoms with E-state index in [4.69, 9.17) is 0 Å². The Hall–Kier alpha value is -2.74. The largest absolute Gasteiger partial charge is 0.352 e. The molecule has 29 heavy (non-hydrogen) atoms. The highest BCUT2D eigenvalue weighted by Gasteiger charge is 2.37. The van der Waals surface area contributed by atoms with Crippen molar-refractivity contribution in [3.63, 3.8) is 0 Å². The van der Waals surface area contributed by atoms with Gasteiger partial charge in [0.1, 0.15) is 6.04 Å². The van der Waals surface area contributed by atoms with Crippen LogP contribution in [0.15, 0.2) is 29.8 Å². The molecule has 1 aliphatic carbocycles. The average molecular weight is 410 g/mol. The predicted molar refractivity (Wildman–Crippen MR) is 111 cm³/mol. The topological polar surface area (TPSA) is 80.1 Å². The lowest BCUT2D eigenvalue weighted by Gasteiger charge is -2.24. The third kappa shape index (κ3) is 3.53. The number of amides is 2. The molecule has 1 atom stereocenters. The van der Waals surface area contributed by atoms with Gasteiger partial charge in [0, 0.05) is 23.2 Å². The van der Waals surface area contributed by atoms with Gasteiger partial charge in [-0.25, -0.2) is 9.67 Å². The first-order chi connectivity index (χ1) is 14.1. The maximum atomic E-state index is 13.4. The Labute approximate surface area is 172 Å². The quantitative estimate of drug-likeness (QED) is 0.703. The van der Waals surface area contributed by atoms with E-state index in [0.29, 0.717) is 30.3 Å². The molecule has 2 fully saturated rings. The zero-order valence-corrected chi connectivity index (χ0v) is 17.1. The SMILES string of the molecule is Cc1cc(C(=O)N2CCCC2C(=O)NC2CC2)c2cnn(Cc3cccs3)c2n1. The number of hydrogen-bond donors (Lipinski definition) is 1. The summed E-state index contributed by atoms with van der Waals surface area (Å²) in [5.41, 5.74) is 2.06. The van der Waals surface area contributed by atoms with Crippen molar-refractivity contribution in [2.24, 2.45) is 0 Å². The Morgan fingerprint density at radius 2 is 2.17 bits per heavy atom. The van der Waals surface area contributed by atoms with Crippen molar-refractivity contribution in [2.75, 3.05) is 6.54 Å². The normalized spacial score (nSPS) is 19.1. The van der Waals surface area contributed by atoms with Crippen molar-refractivity contribution < 1.29 is 9.59 Å². The number of carbonyl (C=O) groups excluding carboxylic acids is 2. The van der Waals surface area contributed by atoms with Gasteiger partial charge in [-0.3, -0.25) is 9.59 Å². The molecule has 8 heteroatoms. The molecular weight excluding hydrogens is 386 g/mol. The molecule has 5 rings (SSSR count). The first-order valence-electron chi connectivity index (χ1n) is 10.1. The highest BCUT2D eigenvalue weighted by Crippen LogP contribution is 2.27. The molecule has 0 radical (unpaired) electrons. The standard InChI is InChI=1S/C21H23N5O2S/c1-13-10-16(17-11-22-26(19(17)23-13)12-15-4-3-9-29-15)21(28)25-8-2-5-18(25)20(27)24-14-6-7-14/h3-4,9-11,14,18H,2,5-8,12H2,1H3,(H,24,27). The third-order valence-electron chi connectivity index (χ3n) is 5.59. The minimum absolute atomic E-state index is 0.0197. The van der Waals surface area contributed by atoms with Crippen LogP contribution in [-0.4, -0.2) is 50.1 Å². The Morgan fingerprint density at radius 1 is 1.31 bits per heavy atom. The Bertz CT molecular complexity index is 1070. The van der Waals surface area contributed by atoms with Gasteiger partial charge >= 0.3 is 0 Å². The molecule has 0 aromatic carbocycles. The number of hydrogen-bond acceptors (Lipinski definition) is 5. The molecule has 1 saturated heterocycles. The second-order valence-electron chi connectivity index (χ2n) is 7.87. The number of nitrogens with one attached hydrogen (secondary N) is 1. The van der Waals surface area contributed by atoms with Crippen molar-refractivity contribution in [1.29, 1.82) is 0 Å². The molecule has 0 spiro atoms. The van der Waals surface area contributed by atoms with E-state index >= 15 is 0 Å². The first-order valence-corrected chi connectivity index (χ1v) is 10.9. The number of fused-ring (bicyclic) bond motifs is 1. The molecule has 1 aliphatic heterocycles. The lowest BCUT2D eigenvalue weighted by atomic mass is 10.1. The molecule has 2 amide bonds. The molecule has 1 unspecified atom stereocenters. The van der Waals surface area contributed by atoms with Crippen molar-refractivity contribution in [3.05, 3.63) is 45.9 Å². The number of rotatable bonds is 5. The van der Waals surface area contributed by atoms with Gasteiger partial charge in [-0.1, -0.05) is 6.07 Å². The summed E-state index contributed by atoms with van der Waals surface area (Å²) in [7, 11) is 0. The smallest absolute Gasteiger partial charge is 0.255 e. The van der Waals surface area contributed by atoms with Gasteiger partial charge in [0.25, 0.3) is 5.91 Å². The van der Waals surface area contributed by atoms with Crippen LogP contribution in [0.2, 0.25) is 0 Å². The first kappa shape index (κ1) is 18.3. The number of carbonyl (C=O) groups is 2. The van der Waals surface area contributed by atoms with Gasteiger partial charge in [-0.2, -0.15) is 5.10 Å². The summed E-state index contributed by atoms with van der Waals surface area (Å²) in [4.78, 5) is 33.6. The van der Waals surface area contributed by atoms with Crippen LogP contribution in [0.5, 0.6) is 0 Å². The van der Waals surface area contributed by atoms with Crippen molar-refractivity contribution in [1.82, 2.24) is 25.0 Å². The number of nitrogens with zero attached hydrogens (tertiary/aromatic N) is 4. The fourth-order valence-electron chi connectivity index (χ4n) is 3.98. The number of pyridine rings is 1. The summed E-state index contributed by atoms with van der Waals surface area (Å²) in [5.74, 6) is -0.126. The van der Waals surface area contributed by atoms with Crippen molar-refractivity contribution in [2.45, 2.75) is 51.2 Å². The number of aryl methyl sites for hydroxylation is 1. The fraction of sp³-hybridized carbons (Fsp3) is 0.429. The van der Waals surface area contributed by atoms with Crippen LogP contribution in [0.3, 0.4) is 0 Å². The molecule has 2 aliphatic rings. The maximum Gasteiger partial charge on any atom is 0.255 e. The fourth-order valence-corrected chi connectivity index (χ4v) is 4.66. The summed E-state index contributed by atoms with van der Waals surface area (Å²) in [6.07, 6.45) is 5.37. The zero-order valence-electron chi connectivity index (χ0n) is 16.3. The molecule has 150 valence electrons. The van der Waals surface area contributed by atoms with Crippen molar-refractivity contribution >= 4 is 34.2 Å². The molecule has 1 N–H and O–H groups in total. The summed E-state index contributed by atoms with van der Waals surface area (Å²) in [5, 5.41) is 10.3. The van der Waals surface area contributed by atoms with E-state index in [1.165, 1.54) is 4.88 Å². The van der Waals surface area contributed by atoms with E-state index in [9.17, 15) is 9.59 Å². The summed E-state index contributed by atoms with van der Waals surface area (Å²) in [6.45, 7) is 3.12. The minimum atomic E-state index is -0.382. The van der Waals surface area contributed by atoms with Crippen LogP contribution in [0.1, 0.15) is 46.6 Å². The van der Waals surface area contributed by atoms with Crippen LogP contribution in [-0.2, 0) is 11.3 Å². The Balaban J connectivity index is 1.46. The lowest BCUT2D eigenvalue weighted by molar-refractivity contribution is -0.125. The van der Waals surface area contributed by atoms with E-state index in [0.717, 1.165) is 36.8 Å². The van der Waals surface area contributed by atoms with Gasteiger partial charge in [0.05, 0.1) is 23.7 Å². The van der Waals surface area contributed by atoms with Gasteiger partial charge < -0.3 is 10.2 Å². The molecule has 4 heterocycles. The third-order valence-corrected chi connectivity index (χ3v) is 6.45. The van der Waals surface area contributed by atoms with Crippen LogP contribution in [0.25, 0.3) is 11.0 Å². The van der Waals surface area contributed by atoms with Crippen LogP contribution in [0.4, 0.5) is 0 Å². The van der Waals surface area contributed by atoms with E-state index < -0.39 is 0 Å². The Kier molecular flexibility index (Phi) is 4.58. The maximum absolute atomic E-state index is 13.4. The average Bonchev–Trinajstić information content (AvgIpc) is 3.13.